The van der Waals surface area contributed by atoms with Gasteiger partial charge in [0.1, 0.15) is 0 Å². The minimum atomic E-state index is 0.359. The van der Waals surface area contributed by atoms with Gasteiger partial charge < -0.3 is 10.2 Å². The van der Waals surface area contributed by atoms with Crippen LogP contribution >= 0.6 is 12.2 Å². The van der Waals surface area contributed by atoms with Crippen molar-refractivity contribution in [1.29, 1.82) is 0 Å². The van der Waals surface area contributed by atoms with E-state index in [0.717, 1.165) is 24.6 Å². The summed E-state index contributed by atoms with van der Waals surface area (Å²) in [5.41, 5.74) is 1.25. The van der Waals surface area contributed by atoms with Gasteiger partial charge in [-0.2, -0.15) is 0 Å². The zero-order chi connectivity index (χ0) is 12.8. The summed E-state index contributed by atoms with van der Waals surface area (Å²) in [5.74, 6) is 0. The predicted molar refractivity (Wildman–Crippen MR) is 78.3 cm³/mol. The minimum absolute atomic E-state index is 0.359. The molecule has 0 saturated carbocycles. The van der Waals surface area contributed by atoms with Crippen molar-refractivity contribution in [1.82, 2.24) is 15.2 Å². The Morgan fingerprint density at radius 3 is 3.22 bits per heavy atom. The van der Waals surface area contributed by atoms with Gasteiger partial charge in [-0.05, 0) is 43.1 Å². The second-order valence-electron chi connectivity index (χ2n) is 4.47. The van der Waals surface area contributed by atoms with Crippen molar-refractivity contribution in [3.05, 3.63) is 42.7 Å². The first kappa shape index (κ1) is 13.0. The Bertz CT molecular complexity index is 405. The fourth-order valence-electron chi connectivity index (χ4n) is 2.36. The van der Waals surface area contributed by atoms with Crippen LogP contribution < -0.4 is 5.32 Å². The molecule has 1 aromatic rings. The molecule has 18 heavy (non-hydrogen) atoms. The lowest BCUT2D eigenvalue weighted by atomic mass is 9.97. The highest BCUT2D eigenvalue weighted by atomic mass is 32.1. The van der Waals surface area contributed by atoms with Gasteiger partial charge in [-0.25, -0.2) is 0 Å². The minimum Gasteiger partial charge on any atom is -0.359 e. The molecule has 1 atom stereocenters. The van der Waals surface area contributed by atoms with E-state index in [1.807, 2.05) is 24.5 Å². The highest BCUT2D eigenvalue weighted by Crippen LogP contribution is 2.30. The van der Waals surface area contributed by atoms with Crippen LogP contribution in [0.25, 0.3) is 0 Å². The lowest BCUT2D eigenvalue weighted by Crippen LogP contribution is -2.44. The molecular weight excluding hydrogens is 242 g/mol. The van der Waals surface area contributed by atoms with Crippen molar-refractivity contribution in [3.63, 3.8) is 0 Å². The fraction of sp³-hybridized carbons (Fsp3) is 0.429. The first-order valence-corrected chi connectivity index (χ1v) is 6.79. The molecule has 0 aromatic carbocycles. The third-order valence-corrected chi connectivity index (χ3v) is 3.61. The van der Waals surface area contributed by atoms with Crippen LogP contribution in [0.5, 0.6) is 0 Å². The van der Waals surface area contributed by atoms with Crippen molar-refractivity contribution in [3.8, 4) is 0 Å². The SMILES string of the molecule is C=CCNC(=S)N1CCCCC1c1cccnc1. The smallest absolute Gasteiger partial charge is 0.169 e. The number of likely N-dealkylation sites (tertiary alicyclic amines) is 1. The molecule has 4 heteroatoms. The summed E-state index contributed by atoms with van der Waals surface area (Å²) in [6.45, 7) is 5.44. The van der Waals surface area contributed by atoms with E-state index in [2.05, 4.69) is 27.8 Å². The highest BCUT2D eigenvalue weighted by molar-refractivity contribution is 7.80. The molecule has 1 aliphatic heterocycles. The Morgan fingerprint density at radius 1 is 1.61 bits per heavy atom. The third kappa shape index (κ3) is 3.07. The van der Waals surface area contributed by atoms with Gasteiger partial charge in [-0.15, -0.1) is 6.58 Å². The van der Waals surface area contributed by atoms with Crippen LogP contribution in [0.2, 0.25) is 0 Å². The van der Waals surface area contributed by atoms with E-state index in [-0.39, 0.29) is 0 Å². The largest absolute Gasteiger partial charge is 0.359 e. The van der Waals surface area contributed by atoms with Crippen molar-refractivity contribution in [2.75, 3.05) is 13.1 Å². The molecule has 1 N–H and O–H groups in total. The lowest BCUT2D eigenvalue weighted by molar-refractivity contribution is 0.242. The average molecular weight is 261 g/mol. The summed E-state index contributed by atoms with van der Waals surface area (Å²) in [6.07, 6.45) is 9.17. The summed E-state index contributed by atoms with van der Waals surface area (Å²) in [6, 6.07) is 4.48. The van der Waals surface area contributed by atoms with E-state index in [1.54, 1.807) is 0 Å². The second-order valence-corrected chi connectivity index (χ2v) is 4.85. The van der Waals surface area contributed by atoms with Crippen LogP contribution in [0.1, 0.15) is 30.9 Å². The van der Waals surface area contributed by atoms with Crippen molar-refractivity contribution in [2.45, 2.75) is 25.3 Å². The molecular formula is C14H19N3S. The number of hydrogen-bond acceptors (Lipinski definition) is 2. The van der Waals surface area contributed by atoms with Crippen molar-refractivity contribution in [2.24, 2.45) is 0 Å². The normalized spacial score (nSPS) is 19.3. The molecule has 1 aliphatic rings. The van der Waals surface area contributed by atoms with Gasteiger partial charge >= 0.3 is 0 Å². The molecule has 0 spiro atoms. The number of rotatable bonds is 3. The Kier molecular flexibility index (Phi) is 4.70. The van der Waals surface area contributed by atoms with Crippen LogP contribution in [-0.2, 0) is 0 Å². The summed E-state index contributed by atoms with van der Waals surface area (Å²) >= 11 is 5.46. The quantitative estimate of drug-likeness (QED) is 0.669. The standard InChI is InChI=1S/C14H19N3S/c1-2-8-16-14(18)17-10-4-3-7-13(17)12-6-5-9-15-11-12/h2,5-6,9,11,13H,1,3-4,7-8,10H2,(H,16,18). The number of nitrogens with one attached hydrogen (secondary N) is 1. The maximum atomic E-state index is 5.46. The van der Waals surface area contributed by atoms with E-state index >= 15 is 0 Å². The number of nitrogens with zero attached hydrogens (tertiary/aromatic N) is 2. The van der Waals surface area contributed by atoms with Gasteiger partial charge in [0.05, 0.1) is 6.04 Å². The molecule has 1 aromatic heterocycles. The topological polar surface area (TPSA) is 28.2 Å². The average Bonchev–Trinajstić information content (AvgIpc) is 2.45. The predicted octanol–water partition coefficient (Wildman–Crippen LogP) is 2.67. The Labute approximate surface area is 114 Å². The Morgan fingerprint density at radius 2 is 2.50 bits per heavy atom. The number of aromatic nitrogens is 1. The van der Waals surface area contributed by atoms with Gasteiger partial charge in [-0.3, -0.25) is 4.98 Å². The maximum Gasteiger partial charge on any atom is 0.169 e. The van der Waals surface area contributed by atoms with E-state index < -0.39 is 0 Å². The fourth-order valence-corrected chi connectivity index (χ4v) is 2.66. The molecule has 96 valence electrons. The summed E-state index contributed by atoms with van der Waals surface area (Å²) in [7, 11) is 0. The van der Waals surface area contributed by atoms with Gasteiger partial charge in [0, 0.05) is 25.5 Å². The Balaban J connectivity index is 2.11. The monoisotopic (exact) mass is 261 g/mol. The van der Waals surface area contributed by atoms with E-state index in [9.17, 15) is 0 Å². The van der Waals surface area contributed by atoms with Crippen molar-refractivity contribution < 1.29 is 0 Å². The molecule has 2 rings (SSSR count). The number of pyridine rings is 1. The van der Waals surface area contributed by atoms with Crippen LogP contribution in [0.15, 0.2) is 37.2 Å². The van der Waals surface area contributed by atoms with Crippen LogP contribution in [0.3, 0.4) is 0 Å². The molecule has 0 aliphatic carbocycles. The van der Waals surface area contributed by atoms with E-state index in [0.29, 0.717) is 6.04 Å². The Hall–Kier alpha value is -1.42. The first-order valence-electron chi connectivity index (χ1n) is 6.38. The van der Waals surface area contributed by atoms with Gasteiger partial charge in [0.15, 0.2) is 5.11 Å². The van der Waals surface area contributed by atoms with E-state index in [1.165, 1.54) is 18.4 Å². The molecule has 0 amide bonds. The summed E-state index contributed by atoms with van der Waals surface area (Å²) in [5, 5.41) is 4.04. The molecule has 2 heterocycles. The third-order valence-electron chi connectivity index (χ3n) is 3.23. The molecule has 3 nitrogen and oxygen atoms in total. The van der Waals surface area contributed by atoms with Gasteiger partial charge in [-0.1, -0.05) is 12.1 Å². The second kappa shape index (κ2) is 6.50. The lowest BCUT2D eigenvalue weighted by Gasteiger charge is -2.37. The van der Waals surface area contributed by atoms with E-state index in [4.69, 9.17) is 12.2 Å². The number of hydrogen-bond donors (Lipinski definition) is 1. The molecule has 1 unspecified atom stereocenters. The number of thiocarbonyl (C=S) groups is 1. The zero-order valence-corrected chi connectivity index (χ0v) is 11.3. The molecule has 1 fully saturated rings. The molecule has 0 bridgehead atoms. The highest BCUT2D eigenvalue weighted by Gasteiger charge is 2.25. The van der Waals surface area contributed by atoms with Crippen LogP contribution in [-0.4, -0.2) is 28.1 Å². The summed E-state index contributed by atoms with van der Waals surface area (Å²) < 4.78 is 0. The zero-order valence-electron chi connectivity index (χ0n) is 10.5. The van der Waals surface area contributed by atoms with Gasteiger partial charge in [0.2, 0.25) is 0 Å². The summed E-state index contributed by atoms with van der Waals surface area (Å²) in [4.78, 5) is 6.49. The number of piperidine rings is 1. The molecule has 1 saturated heterocycles. The van der Waals surface area contributed by atoms with Crippen molar-refractivity contribution >= 4 is 17.3 Å². The van der Waals surface area contributed by atoms with Crippen LogP contribution in [0, 0.1) is 0 Å². The molecule has 0 radical (unpaired) electrons. The maximum absolute atomic E-state index is 5.46. The van der Waals surface area contributed by atoms with Gasteiger partial charge in [0.25, 0.3) is 0 Å². The first-order chi connectivity index (χ1) is 8.83. The van der Waals surface area contributed by atoms with Crippen LogP contribution in [0.4, 0.5) is 0 Å².